The van der Waals surface area contributed by atoms with E-state index in [0.717, 1.165) is 42.1 Å². The third-order valence-corrected chi connectivity index (χ3v) is 5.74. The van der Waals surface area contributed by atoms with Gasteiger partial charge in [-0.1, -0.05) is 0 Å². The number of halogens is 1. The first-order chi connectivity index (χ1) is 11.6. The fourth-order valence-corrected chi connectivity index (χ4v) is 4.46. The Morgan fingerprint density at radius 1 is 1.42 bits per heavy atom. The molecule has 3 heterocycles. The van der Waals surface area contributed by atoms with Crippen LogP contribution in [0, 0.1) is 12.7 Å². The Balaban J connectivity index is 1.55. The van der Waals surface area contributed by atoms with E-state index in [4.69, 9.17) is 4.74 Å². The van der Waals surface area contributed by atoms with Gasteiger partial charge in [0, 0.05) is 29.6 Å². The van der Waals surface area contributed by atoms with Crippen molar-refractivity contribution in [3.05, 3.63) is 45.7 Å². The summed E-state index contributed by atoms with van der Waals surface area (Å²) in [5, 5.41) is 3.03. The highest BCUT2D eigenvalue weighted by Crippen LogP contribution is 2.36. The molecule has 0 bridgehead atoms. The summed E-state index contributed by atoms with van der Waals surface area (Å²) in [5.41, 5.74) is 1.76. The minimum atomic E-state index is -0.552. The summed E-state index contributed by atoms with van der Waals surface area (Å²) in [6.07, 6.45) is 2.92. The number of rotatable bonds is 2. The van der Waals surface area contributed by atoms with Crippen molar-refractivity contribution in [2.24, 2.45) is 0 Å². The van der Waals surface area contributed by atoms with E-state index in [-0.39, 0.29) is 17.8 Å². The van der Waals surface area contributed by atoms with Crippen molar-refractivity contribution in [3.8, 4) is 5.75 Å². The van der Waals surface area contributed by atoms with Gasteiger partial charge >= 0.3 is 0 Å². The Hall–Kier alpha value is -1.95. The van der Waals surface area contributed by atoms with Gasteiger partial charge < -0.3 is 9.64 Å². The van der Waals surface area contributed by atoms with E-state index in [1.165, 1.54) is 12.1 Å². The first kappa shape index (κ1) is 15.6. The highest BCUT2D eigenvalue weighted by Gasteiger charge is 2.37. The number of ether oxygens (including phenoxy) is 1. The monoisotopic (exact) mass is 346 g/mol. The number of thiazole rings is 1. The van der Waals surface area contributed by atoms with Gasteiger partial charge in [-0.3, -0.25) is 4.79 Å². The van der Waals surface area contributed by atoms with Crippen LogP contribution in [0.1, 0.15) is 41.6 Å². The lowest BCUT2D eigenvalue weighted by Crippen LogP contribution is -2.45. The Morgan fingerprint density at radius 3 is 3.08 bits per heavy atom. The predicted molar refractivity (Wildman–Crippen MR) is 89.7 cm³/mol. The Kier molecular flexibility index (Phi) is 4.00. The summed E-state index contributed by atoms with van der Waals surface area (Å²) in [5.74, 6) is 0.317. The minimum Gasteiger partial charge on any atom is -0.480 e. The van der Waals surface area contributed by atoms with E-state index in [0.29, 0.717) is 12.2 Å². The van der Waals surface area contributed by atoms with Crippen LogP contribution >= 0.6 is 11.3 Å². The molecular formula is C18H19FN2O2S. The second-order valence-corrected chi connectivity index (χ2v) is 7.32. The second kappa shape index (κ2) is 6.16. The molecule has 1 amide bonds. The maximum absolute atomic E-state index is 13.4. The number of amides is 1. The standard InChI is InChI=1S/C18H19FN2O2S/c1-11-10-24-17(20-11)14-4-2-3-7-21(14)18(22)16-9-12-8-13(19)5-6-15(12)23-16/h5-6,8,10,14,16H,2-4,7,9H2,1H3/t14-,16-/m1/s1. The number of aryl methyl sites for hydroxylation is 1. The zero-order valence-electron chi connectivity index (χ0n) is 13.5. The van der Waals surface area contributed by atoms with Gasteiger partial charge in [0.1, 0.15) is 16.6 Å². The average Bonchev–Trinajstić information content (AvgIpc) is 3.20. The molecule has 0 N–H and O–H groups in total. The number of likely N-dealkylation sites (tertiary alicyclic amines) is 1. The third-order valence-electron chi connectivity index (χ3n) is 4.68. The summed E-state index contributed by atoms with van der Waals surface area (Å²) in [4.78, 5) is 19.5. The van der Waals surface area contributed by atoms with Gasteiger partial charge in [0.25, 0.3) is 5.91 Å². The number of benzene rings is 1. The zero-order chi connectivity index (χ0) is 16.7. The SMILES string of the molecule is Cc1csc([C@H]2CCCCN2C(=O)[C@H]2Cc3cc(F)ccc3O2)n1. The van der Waals surface area contributed by atoms with Gasteiger partial charge in [-0.15, -0.1) is 11.3 Å². The van der Waals surface area contributed by atoms with Gasteiger partial charge in [-0.2, -0.15) is 0 Å². The number of nitrogens with zero attached hydrogens (tertiary/aromatic N) is 2. The topological polar surface area (TPSA) is 42.4 Å². The van der Waals surface area contributed by atoms with Crippen LogP contribution in [-0.4, -0.2) is 28.4 Å². The lowest BCUT2D eigenvalue weighted by molar-refractivity contribution is -0.142. The maximum atomic E-state index is 13.4. The van der Waals surface area contributed by atoms with Crippen LogP contribution < -0.4 is 4.74 Å². The van der Waals surface area contributed by atoms with Gasteiger partial charge in [0.05, 0.1) is 6.04 Å². The summed E-state index contributed by atoms with van der Waals surface area (Å²) in [6, 6.07) is 4.47. The fraction of sp³-hybridized carbons (Fsp3) is 0.444. The van der Waals surface area contributed by atoms with Crippen molar-refractivity contribution in [1.29, 1.82) is 0 Å². The first-order valence-electron chi connectivity index (χ1n) is 8.29. The highest BCUT2D eigenvalue weighted by molar-refractivity contribution is 7.09. The first-order valence-corrected chi connectivity index (χ1v) is 9.17. The van der Waals surface area contributed by atoms with E-state index in [1.54, 1.807) is 17.4 Å². The second-order valence-electron chi connectivity index (χ2n) is 6.43. The normalized spacial score (nSPS) is 23.0. The molecule has 1 aromatic carbocycles. The molecule has 1 saturated heterocycles. The number of hydrogen-bond donors (Lipinski definition) is 0. The molecule has 6 heteroatoms. The van der Waals surface area contributed by atoms with E-state index < -0.39 is 6.10 Å². The molecule has 2 aliphatic rings. The van der Waals surface area contributed by atoms with E-state index in [1.807, 2.05) is 17.2 Å². The van der Waals surface area contributed by atoms with Crippen LogP contribution in [0.25, 0.3) is 0 Å². The largest absolute Gasteiger partial charge is 0.480 e. The number of carbonyl (C=O) groups excluding carboxylic acids is 1. The molecule has 0 spiro atoms. The molecule has 2 atom stereocenters. The van der Waals surface area contributed by atoms with Crippen molar-refractivity contribution < 1.29 is 13.9 Å². The lowest BCUT2D eigenvalue weighted by Gasteiger charge is -2.35. The molecule has 1 aromatic heterocycles. The van der Waals surface area contributed by atoms with E-state index in [2.05, 4.69) is 4.98 Å². The summed E-state index contributed by atoms with van der Waals surface area (Å²) >= 11 is 1.61. The highest BCUT2D eigenvalue weighted by atomic mass is 32.1. The van der Waals surface area contributed by atoms with Crippen LogP contribution in [-0.2, 0) is 11.2 Å². The van der Waals surface area contributed by atoms with Crippen molar-refractivity contribution >= 4 is 17.2 Å². The number of carbonyl (C=O) groups is 1. The molecule has 2 aliphatic heterocycles. The molecule has 24 heavy (non-hydrogen) atoms. The molecule has 4 rings (SSSR count). The van der Waals surface area contributed by atoms with Crippen molar-refractivity contribution in [3.63, 3.8) is 0 Å². The summed E-state index contributed by atoms with van der Waals surface area (Å²) in [7, 11) is 0. The third kappa shape index (κ3) is 2.79. The lowest BCUT2D eigenvalue weighted by atomic mass is 10.0. The number of hydrogen-bond acceptors (Lipinski definition) is 4. The molecule has 126 valence electrons. The molecule has 0 aliphatic carbocycles. The Labute approximate surface area is 144 Å². The van der Waals surface area contributed by atoms with Crippen LogP contribution in [0.3, 0.4) is 0 Å². The number of fused-ring (bicyclic) bond motifs is 1. The molecule has 1 fully saturated rings. The Bertz CT molecular complexity index is 776. The molecule has 0 unspecified atom stereocenters. The number of aromatic nitrogens is 1. The van der Waals surface area contributed by atoms with Crippen molar-refractivity contribution in [1.82, 2.24) is 9.88 Å². The van der Waals surface area contributed by atoms with Crippen LogP contribution in [0.15, 0.2) is 23.6 Å². The van der Waals surface area contributed by atoms with E-state index >= 15 is 0 Å². The summed E-state index contributed by atoms with van der Waals surface area (Å²) < 4.78 is 19.2. The van der Waals surface area contributed by atoms with Crippen LogP contribution in [0.5, 0.6) is 5.75 Å². The Morgan fingerprint density at radius 2 is 2.29 bits per heavy atom. The van der Waals surface area contributed by atoms with Crippen LogP contribution in [0.2, 0.25) is 0 Å². The number of piperidine rings is 1. The van der Waals surface area contributed by atoms with Gasteiger partial charge in [-0.25, -0.2) is 9.37 Å². The zero-order valence-corrected chi connectivity index (χ0v) is 14.3. The van der Waals surface area contributed by atoms with Gasteiger partial charge in [0.15, 0.2) is 6.10 Å². The fourth-order valence-electron chi connectivity index (χ4n) is 3.52. The summed E-state index contributed by atoms with van der Waals surface area (Å²) in [6.45, 7) is 2.70. The molecule has 0 saturated carbocycles. The molecule has 4 nitrogen and oxygen atoms in total. The molecular weight excluding hydrogens is 327 g/mol. The minimum absolute atomic E-state index is 0.0100. The molecule has 2 aromatic rings. The quantitative estimate of drug-likeness (QED) is 0.834. The smallest absolute Gasteiger partial charge is 0.264 e. The molecule has 0 radical (unpaired) electrons. The maximum Gasteiger partial charge on any atom is 0.264 e. The van der Waals surface area contributed by atoms with Crippen molar-refractivity contribution in [2.45, 2.75) is 44.8 Å². The van der Waals surface area contributed by atoms with Gasteiger partial charge in [0.2, 0.25) is 0 Å². The van der Waals surface area contributed by atoms with Gasteiger partial charge in [-0.05, 0) is 44.4 Å². The van der Waals surface area contributed by atoms with Crippen LogP contribution in [0.4, 0.5) is 4.39 Å². The average molecular weight is 346 g/mol. The van der Waals surface area contributed by atoms with E-state index in [9.17, 15) is 9.18 Å². The predicted octanol–water partition coefficient (Wildman–Crippen LogP) is 3.65. The van der Waals surface area contributed by atoms with Crippen molar-refractivity contribution in [2.75, 3.05) is 6.54 Å².